The van der Waals surface area contributed by atoms with Crippen molar-refractivity contribution in [2.24, 2.45) is 0 Å². The maximum atomic E-state index is 13.7. The molecule has 1 N–H and O–H groups in total. The molecule has 3 amide bonds. The number of urea groups is 1. The van der Waals surface area contributed by atoms with E-state index in [-0.39, 0.29) is 30.6 Å². The van der Waals surface area contributed by atoms with E-state index in [4.69, 9.17) is 16.3 Å². The first-order valence-corrected chi connectivity index (χ1v) is 13.5. The number of ether oxygens (including phenoxy) is 1. The maximum Gasteiger partial charge on any atom is 0.322 e. The Morgan fingerprint density at radius 2 is 1.89 bits per heavy atom. The van der Waals surface area contributed by atoms with Crippen molar-refractivity contribution in [2.45, 2.75) is 45.7 Å². The van der Waals surface area contributed by atoms with E-state index in [2.05, 4.69) is 16.8 Å². The second kappa shape index (κ2) is 11.8. The molecular weight excluding hydrogens is 494 g/mol. The quantitative estimate of drug-likeness (QED) is 0.363. The molecule has 36 heavy (non-hydrogen) atoms. The van der Waals surface area contributed by atoms with Crippen LogP contribution in [-0.2, 0) is 11.2 Å². The SMILES string of the molecule is CC[C@@H](C)N(CC(=O)N1CCc2sccc2[C@H]1COc1ccc(Cl)cc1)C(=O)Nc1ccc(C)cc1. The molecule has 0 aliphatic carbocycles. The highest BCUT2D eigenvalue weighted by Gasteiger charge is 2.34. The number of fused-ring (bicyclic) bond motifs is 1. The molecule has 1 aromatic heterocycles. The number of rotatable bonds is 8. The third-order valence-electron chi connectivity index (χ3n) is 6.63. The van der Waals surface area contributed by atoms with Gasteiger partial charge in [0, 0.05) is 28.2 Å². The minimum Gasteiger partial charge on any atom is -0.491 e. The van der Waals surface area contributed by atoms with Crippen LogP contribution < -0.4 is 10.1 Å². The summed E-state index contributed by atoms with van der Waals surface area (Å²) >= 11 is 7.71. The lowest BCUT2D eigenvalue weighted by Crippen LogP contribution is -2.50. The van der Waals surface area contributed by atoms with Crippen LogP contribution in [0.5, 0.6) is 5.75 Å². The summed E-state index contributed by atoms with van der Waals surface area (Å²) in [5.74, 6) is 0.615. The minimum absolute atomic E-state index is 0.00359. The van der Waals surface area contributed by atoms with Gasteiger partial charge in [-0.1, -0.05) is 36.2 Å². The van der Waals surface area contributed by atoms with Gasteiger partial charge in [-0.25, -0.2) is 4.79 Å². The zero-order chi connectivity index (χ0) is 25.7. The van der Waals surface area contributed by atoms with E-state index in [1.165, 1.54) is 4.88 Å². The molecule has 0 spiro atoms. The van der Waals surface area contributed by atoms with Crippen molar-refractivity contribution in [1.29, 1.82) is 0 Å². The number of carbonyl (C=O) groups is 2. The Balaban J connectivity index is 1.50. The van der Waals surface area contributed by atoms with Gasteiger partial charge in [-0.2, -0.15) is 0 Å². The van der Waals surface area contributed by atoms with Gasteiger partial charge in [0.2, 0.25) is 5.91 Å². The molecule has 0 fully saturated rings. The molecule has 0 unspecified atom stereocenters. The van der Waals surface area contributed by atoms with E-state index in [9.17, 15) is 9.59 Å². The smallest absolute Gasteiger partial charge is 0.322 e. The first-order chi connectivity index (χ1) is 17.4. The van der Waals surface area contributed by atoms with Crippen LogP contribution in [0.4, 0.5) is 10.5 Å². The van der Waals surface area contributed by atoms with Crippen molar-refractivity contribution in [2.75, 3.05) is 25.0 Å². The van der Waals surface area contributed by atoms with Crippen LogP contribution in [-0.4, -0.2) is 47.5 Å². The van der Waals surface area contributed by atoms with Gasteiger partial charge in [0.15, 0.2) is 0 Å². The molecule has 1 aliphatic heterocycles. The number of aryl methyl sites for hydroxylation is 1. The highest BCUT2D eigenvalue weighted by molar-refractivity contribution is 7.10. The first kappa shape index (κ1) is 26.0. The monoisotopic (exact) mass is 525 g/mol. The molecule has 0 bridgehead atoms. The summed E-state index contributed by atoms with van der Waals surface area (Å²) in [5, 5.41) is 5.66. The standard InChI is InChI=1S/C28H32ClN3O3S/c1-4-20(3)32(28(34)30-22-9-5-19(2)6-10-22)17-27(33)31-15-13-26-24(14-16-36-26)25(31)18-35-23-11-7-21(29)8-12-23/h5-12,14,16,20,25H,4,13,15,17-18H2,1-3H3,(H,30,34)/t20-,25-/m1/s1. The Labute approximate surface area is 221 Å². The van der Waals surface area contributed by atoms with Crippen molar-refractivity contribution >= 4 is 40.6 Å². The Hall–Kier alpha value is -3.03. The molecule has 190 valence electrons. The molecule has 2 aromatic carbocycles. The Bertz CT molecular complexity index is 1180. The number of hydrogen-bond acceptors (Lipinski definition) is 4. The van der Waals surface area contributed by atoms with Gasteiger partial charge in [-0.15, -0.1) is 11.3 Å². The van der Waals surface area contributed by atoms with Crippen LogP contribution in [0.1, 0.15) is 42.3 Å². The lowest BCUT2D eigenvalue weighted by atomic mass is 10.00. The lowest BCUT2D eigenvalue weighted by Gasteiger charge is -2.38. The minimum atomic E-state index is -0.274. The van der Waals surface area contributed by atoms with Gasteiger partial charge in [-0.05, 0) is 80.1 Å². The largest absolute Gasteiger partial charge is 0.491 e. The van der Waals surface area contributed by atoms with Crippen LogP contribution in [0.2, 0.25) is 5.02 Å². The molecule has 1 aliphatic rings. The number of nitrogens with one attached hydrogen (secondary N) is 1. The lowest BCUT2D eigenvalue weighted by molar-refractivity contribution is -0.135. The zero-order valence-electron chi connectivity index (χ0n) is 20.9. The molecule has 0 saturated carbocycles. The summed E-state index contributed by atoms with van der Waals surface area (Å²) < 4.78 is 6.08. The normalized spacial score (nSPS) is 15.7. The van der Waals surface area contributed by atoms with Crippen LogP contribution in [0, 0.1) is 6.92 Å². The Kier molecular flexibility index (Phi) is 8.54. The second-order valence-electron chi connectivity index (χ2n) is 9.10. The first-order valence-electron chi connectivity index (χ1n) is 12.2. The van der Waals surface area contributed by atoms with E-state index in [0.717, 1.165) is 24.0 Å². The van der Waals surface area contributed by atoms with Crippen molar-refractivity contribution in [1.82, 2.24) is 9.80 Å². The highest BCUT2D eigenvalue weighted by Crippen LogP contribution is 2.34. The highest BCUT2D eigenvalue weighted by atomic mass is 35.5. The number of carbonyl (C=O) groups excluding carboxylic acids is 2. The molecule has 4 rings (SSSR count). The van der Waals surface area contributed by atoms with Crippen molar-refractivity contribution < 1.29 is 14.3 Å². The van der Waals surface area contributed by atoms with E-state index >= 15 is 0 Å². The van der Waals surface area contributed by atoms with Crippen LogP contribution >= 0.6 is 22.9 Å². The summed E-state index contributed by atoms with van der Waals surface area (Å²) in [4.78, 5) is 31.6. The third-order valence-corrected chi connectivity index (χ3v) is 7.88. The molecule has 2 atom stereocenters. The topological polar surface area (TPSA) is 61.9 Å². The number of hydrogen-bond donors (Lipinski definition) is 1. The van der Waals surface area contributed by atoms with Crippen molar-refractivity contribution in [3.8, 4) is 5.75 Å². The van der Waals surface area contributed by atoms with Gasteiger partial charge in [-0.3, -0.25) is 4.79 Å². The molecule has 8 heteroatoms. The van der Waals surface area contributed by atoms with Crippen molar-refractivity contribution in [3.05, 3.63) is 81.0 Å². The van der Waals surface area contributed by atoms with Crippen LogP contribution in [0.25, 0.3) is 0 Å². The van der Waals surface area contributed by atoms with Crippen LogP contribution in [0.3, 0.4) is 0 Å². The average Bonchev–Trinajstić information content (AvgIpc) is 3.36. The van der Waals surface area contributed by atoms with E-state index < -0.39 is 0 Å². The van der Waals surface area contributed by atoms with Gasteiger partial charge in [0.05, 0.1) is 6.04 Å². The number of nitrogens with zero attached hydrogens (tertiary/aromatic N) is 2. The number of benzene rings is 2. The third kappa shape index (κ3) is 6.20. The fourth-order valence-corrected chi connectivity index (χ4v) is 5.35. The van der Waals surface area contributed by atoms with Gasteiger partial charge in [0.1, 0.15) is 18.9 Å². The summed E-state index contributed by atoms with van der Waals surface area (Å²) in [7, 11) is 0. The molecule has 2 heterocycles. The number of halogens is 1. The van der Waals surface area contributed by atoms with Gasteiger partial charge in [0.25, 0.3) is 0 Å². The average molecular weight is 526 g/mol. The van der Waals surface area contributed by atoms with Crippen LogP contribution in [0.15, 0.2) is 60.0 Å². The fourth-order valence-electron chi connectivity index (χ4n) is 4.30. The number of amides is 3. The fraction of sp³-hybridized carbons (Fsp3) is 0.357. The van der Waals surface area contributed by atoms with E-state index in [1.54, 1.807) is 28.4 Å². The molecule has 0 saturated heterocycles. The molecule has 0 radical (unpaired) electrons. The predicted molar refractivity (Wildman–Crippen MR) is 146 cm³/mol. The van der Waals surface area contributed by atoms with Gasteiger partial charge < -0.3 is 19.9 Å². The number of anilines is 1. The second-order valence-corrected chi connectivity index (χ2v) is 10.5. The maximum absolute atomic E-state index is 13.7. The van der Waals surface area contributed by atoms with E-state index in [1.807, 2.05) is 62.1 Å². The zero-order valence-corrected chi connectivity index (χ0v) is 22.4. The summed E-state index contributed by atoms with van der Waals surface area (Å²) in [6.07, 6.45) is 1.54. The van der Waals surface area contributed by atoms with E-state index in [0.29, 0.717) is 29.6 Å². The molecular formula is C28H32ClN3O3S. The van der Waals surface area contributed by atoms with Gasteiger partial charge >= 0.3 is 6.03 Å². The molecule has 6 nitrogen and oxygen atoms in total. The van der Waals surface area contributed by atoms with Crippen molar-refractivity contribution in [3.63, 3.8) is 0 Å². The number of thiophene rings is 1. The summed E-state index contributed by atoms with van der Waals surface area (Å²) in [6.45, 7) is 6.91. The summed E-state index contributed by atoms with van der Waals surface area (Å²) in [5.41, 5.74) is 2.95. The molecule has 3 aromatic rings. The Morgan fingerprint density at radius 1 is 1.17 bits per heavy atom. The Morgan fingerprint density at radius 3 is 2.58 bits per heavy atom. The predicted octanol–water partition coefficient (Wildman–Crippen LogP) is 6.55. The summed E-state index contributed by atoms with van der Waals surface area (Å²) in [6, 6.07) is 16.4.